The Labute approximate surface area is 144 Å². The van der Waals surface area contributed by atoms with Crippen LogP contribution in [0.15, 0.2) is 33.2 Å². The number of thiophene rings is 1. The summed E-state index contributed by atoms with van der Waals surface area (Å²) in [6.07, 6.45) is 3.60. The third kappa shape index (κ3) is 3.50. The fourth-order valence-electron chi connectivity index (χ4n) is 2.20. The number of aryl methyl sites for hydroxylation is 1. The lowest BCUT2D eigenvalue weighted by molar-refractivity contribution is -0.121. The Kier molecular flexibility index (Phi) is 4.58. The number of nitrogens with zero attached hydrogens (tertiary/aromatic N) is 4. The minimum Gasteiger partial charge on any atom is -0.354 e. The molecule has 0 radical (unpaired) electrons. The third-order valence-electron chi connectivity index (χ3n) is 3.35. The van der Waals surface area contributed by atoms with E-state index in [1.165, 1.54) is 26.7 Å². The Balaban J connectivity index is 1.61. The molecule has 7 nitrogen and oxygen atoms in total. The maximum absolute atomic E-state index is 12.3. The first kappa shape index (κ1) is 15.9. The minimum absolute atomic E-state index is 0.0508. The van der Waals surface area contributed by atoms with Crippen molar-refractivity contribution in [2.75, 3.05) is 6.54 Å². The highest BCUT2D eigenvalue weighted by Gasteiger charge is 2.10. The lowest BCUT2D eigenvalue weighted by Gasteiger charge is -2.06. The van der Waals surface area contributed by atoms with Gasteiger partial charge in [-0.25, -0.2) is 4.98 Å². The van der Waals surface area contributed by atoms with Gasteiger partial charge in [0.15, 0.2) is 5.65 Å². The van der Waals surface area contributed by atoms with Gasteiger partial charge < -0.3 is 5.32 Å². The number of nitrogens with one attached hydrogen (secondary N) is 1. The molecule has 3 heterocycles. The Morgan fingerprint density at radius 1 is 1.43 bits per heavy atom. The molecule has 0 fully saturated rings. The average Bonchev–Trinajstić information content (AvgIpc) is 3.09. The van der Waals surface area contributed by atoms with Crippen molar-refractivity contribution in [3.63, 3.8) is 0 Å². The molecule has 0 spiro atoms. The zero-order valence-electron chi connectivity index (χ0n) is 12.3. The van der Waals surface area contributed by atoms with E-state index in [0.717, 1.165) is 10.2 Å². The van der Waals surface area contributed by atoms with Crippen LogP contribution >= 0.6 is 27.3 Å². The van der Waals surface area contributed by atoms with E-state index in [2.05, 4.69) is 31.3 Å². The Hall–Kier alpha value is -2.00. The number of hydrogen-bond donors (Lipinski definition) is 1. The average molecular weight is 396 g/mol. The zero-order chi connectivity index (χ0) is 16.4. The predicted molar refractivity (Wildman–Crippen MR) is 91.5 cm³/mol. The number of halogens is 1. The molecule has 0 saturated carbocycles. The second-order valence-electron chi connectivity index (χ2n) is 4.99. The summed E-state index contributed by atoms with van der Waals surface area (Å²) in [7, 11) is 1.72. The van der Waals surface area contributed by atoms with Crippen LogP contribution in [0.4, 0.5) is 0 Å². The summed E-state index contributed by atoms with van der Waals surface area (Å²) in [5.41, 5.74) is 0.246. The predicted octanol–water partition coefficient (Wildman–Crippen LogP) is 1.31. The van der Waals surface area contributed by atoms with Gasteiger partial charge in [0.05, 0.1) is 9.98 Å². The van der Waals surface area contributed by atoms with E-state index < -0.39 is 0 Å². The van der Waals surface area contributed by atoms with E-state index in [-0.39, 0.29) is 18.0 Å². The topological polar surface area (TPSA) is 81.8 Å². The molecule has 120 valence electrons. The Bertz CT molecular complexity index is 913. The van der Waals surface area contributed by atoms with Crippen molar-refractivity contribution in [2.45, 2.75) is 13.0 Å². The second kappa shape index (κ2) is 6.63. The van der Waals surface area contributed by atoms with E-state index in [9.17, 15) is 9.59 Å². The number of rotatable bonds is 5. The van der Waals surface area contributed by atoms with Gasteiger partial charge in [-0.1, -0.05) is 0 Å². The number of fused-ring (bicyclic) bond motifs is 1. The molecule has 0 aliphatic carbocycles. The molecule has 0 aromatic carbocycles. The van der Waals surface area contributed by atoms with Gasteiger partial charge in [0.2, 0.25) is 5.91 Å². The molecule has 23 heavy (non-hydrogen) atoms. The standard InChI is InChI=1S/C14H14BrN5O2S/c1-19-13-10(6-18-19)14(22)20(8-17-13)7-12(21)16-5-4-9-2-3-11(15)23-9/h2-3,6,8H,4-5,7H2,1H3,(H,16,21). The highest BCUT2D eigenvalue weighted by atomic mass is 79.9. The quantitative estimate of drug-likeness (QED) is 0.705. The fourth-order valence-corrected chi connectivity index (χ4v) is 3.68. The summed E-state index contributed by atoms with van der Waals surface area (Å²) in [4.78, 5) is 29.6. The molecule has 0 aliphatic heterocycles. The second-order valence-corrected chi connectivity index (χ2v) is 7.54. The van der Waals surface area contributed by atoms with Gasteiger partial charge in [-0.3, -0.25) is 18.8 Å². The van der Waals surface area contributed by atoms with Crippen molar-refractivity contribution in [2.24, 2.45) is 7.05 Å². The third-order valence-corrected chi connectivity index (χ3v) is 5.04. The molecule has 0 saturated heterocycles. The molecule has 0 unspecified atom stereocenters. The first-order valence-electron chi connectivity index (χ1n) is 6.92. The Morgan fingerprint density at radius 3 is 3.00 bits per heavy atom. The van der Waals surface area contributed by atoms with E-state index in [1.54, 1.807) is 18.4 Å². The fraction of sp³-hybridized carbons (Fsp3) is 0.286. The van der Waals surface area contributed by atoms with E-state index in [1.807, 2.05) is 12.1 Å². The van der Waals surface area contributed by atoms with Gasteiger partial charge in [-0.2, -0.15) is 5.10 Å². The minimum atomic E-state index is -0.263. The number of amides is 1. The molecule has 1 amide bonds. The van der Waals surface area contributed by atoms with Gasteiger partial charge in [0.1, 0.15) is 18.3 Å². The molecule has 0 aliphatic rings. The summed E-state index contributed by atoms with van der Waals surface area (Å²) >= 11 is 5.05. The number of carbonyl (C=O) groups is 1. The van der Waals surface area contributed by atoms with E-state index >= 15 is 0 Å². The molecule has 9 heteroatoms. The first-order chi connectivity index (χ1) is 11.0. The molecule has 0 atom stereocenters. The van der Waals surface area contributed by atoms with Crippen LogP contribution in [0.25, 0.3) is 11.0 Å². The van der Waals surface area contributed by atoms with Crippen LogP contribution in [-0.2, 0) is 24.8 Å². The van der Waals surface area contributed by atoms with Crippen molar-refractivity contribution in [3.8, 4) is 0 Å². The van der Waals surface area contributed by atoms with Crippen LogP contribution in [0, 0.1) is 0 Å². The molecule has 3 aromatic rings. The van der Waals surface area contributed by atoms with Crippen LogP contribution in [0.3, 0.4) is 0 Å². The van der Waals surface area contributed by atoms with Crippen molar-refractivity contribution in [3.05, 3.63) is 43.7 Å². The number of carbonyl (C=O) groups excluding carboxylic acids is 1. The van der Waals surface area contributed by atoms with E-state index in [0.29, 0.717) is 17.6 Å². The lowest BCUT2D eigenvalue weighted by Crippen LogP contribution is -2.33. The normalized spacial score (nSPS) is 11.0. The Morgan fingerprint density at radius 2 is 2.26 bits per heavy atom. The van der Waals surface area contributed by atoms with Crippen molar-refractivity contribution in [1.29, 1.82) is 0 Å². The lowest BCUT2D eigenvalue weighted by atomic mass is 10.3. The van der Waals surface area contributed by atoms with Gasteiger partial charge >= 0.3 is 0 Å². The van der Waals surface area contributed by atoms with Crippen molar-refractivity contribution < 1.29 is 4.79 Å². The highest BCUT2D eigenvalue weighted by Crippen LogP contribution is 2.21. The van der Waals surface area contributed by atoms with Crippen molar-refractivity contribution >= 4 is 44.2 Å². The molecule has 3 aromatic heterocycles. The van der Waals surface area contributed by atoms with E-state index in [4.69, 9.17) is 0 Å². The summed E-state index contributed by atoms with van der Waals surface area (Å²) in [6, 6.07) is 4.00. The van der Waals surface area contributed by atoms with Crippen LogP contribution in [0.5, 0.6) is 0 Å². The van der Waals surface area contributed by atoms with Crippen LogP contribution in [-0.4, -0.2) is 31.8 Å². The monoisotopic (exact) mass is 395 g/mol. The van der Waals surface area contributed by atoms with Crippen molar-refractivity contribution in [1.82, 2.24) is 24.6 Å². The maximum Gasteiger partial charge on any atom is 0.264 e. The summed E-state index contributed by atoms with van der Waals surface area (Å²) in [5.74, 6) is -0.215. The van der Waals surface area contributed by atoms with Gasteiger partial charge in [0, 0.05) is 18.5 Å². The number of aromatic nitrogens is 4. The van der Waals surface area contributed by atoms with Crippen LogP contribution < -0.4 is 10.9 Å². The molecular weight excluding hydrogens is 382 g/mol. The molecule has 1 N–H and O–H groups in total. The number of hydrogen-bond acceptors (Lipinski definition) is 5. The van der Waals surface area contributed by atoms with Gasteiger partial charge in [-0.05, 0) is 34.5 Å². The van der Waals surface area contributed by atoms with Crippen LogP contribution in [0.1, 0.15) is 4.88 Å². The molecule has 3 rings (SSSR count). The summed E-state index contributed by atoms with van der Waals surface area (Å²) < 4.78 is 3.89. The first-order valence-corrected chi connectivity index (χ1v) is 8.53. The van der Waals surface area contributed by atoms with Crippen LogP contribution in [0.2, 0.25) is 0 Å². The van der Waals surface area contributed by atoms with Gasteiger partial charge in [-0.15, -0.1) is 11.3 Å². The highest BCUT2D eigenvalue weighted by molar-refractivity contribution is 9.11. The molecule has 0 bridgehead atoms. The van der Waals surface area contributed by atoms with Gasteiger partial charge in [0.25, 0.3) is 5.56 Å². The zero-order valence-corrected chi connectivity index (χ0v) is 14.7. The SMILES string of the molecule is Cn1ncc2c(=O)n(CC(=O)NCCc3ccc(Br)s3)cnc21. The maximum atomic E-state index is 12.3. The summed E-state index contributed by atoms with van der Waals surface area (Å²) in [5, 5.41) is 7.22. The molecular formula is C14H14BrN5O2S. The smallest absolute Gasteiger partial charge is 0.264 e. The largest absolute Gasteiger partial charge is 0.354 e. The summed E-state index contributed by atoms with van der Waals surface area (Å²) in [6.45, 7) is 0.480.